The molecule has 0 amide bonds. The monoisotopic (exact) mass is 256 g/mol. The molecule has 0 aromatic carbocycles. The van der Waals surface area contributed by atoms with Crippen molar-refractivity contribution < 1.29 is 0 Å². The minimum absolute atomic E-state index is 0.683. The molecule has 0 aliphatic carbocycles. The molecule has 110 valence electrons. The van der Waals surface area contributed by atoms with Crippen LogP contribution in [0.2, 0.25) is 0 Å². The predicted octanol–water partition coefficient (Wildman–Crippen LogP) is 3.77. The number of likely N-dealkylation sites (N-methyl/N-ethyl adjacent to an activating group) is 1. The van der Waals surface area contributed by atoms with Gasteiger partial charge < -0.3 is 5.32 Å². The Morgan fingerprint density at radius 3 is 2.00 bits per heavy atom. The summed E-state index contributed by atoms with van der Waals surface area (Å²) in [5, 5.41) is 3.62. The largest absolute Gasteiger partial charge is 0.315 e. The molecule has 0 aromatic heterocycles. The van der Waals surface area contributed by atoms with E-state index in [-0.39, 0.29) is 0 Å². The molecule has 0 aromatic rings. The molecule has 2 nitrogen and oxygen atoms in total. The standard InChI is InChI=1S/C16H36N2/c1-8-9-16(12-17-11-14(4)5)18(7)15(6)10-13(2)3/h13-17H,8-12H2,1-7H3. The number of nitrogens with one attached hydrogen (secondary N) is 1. The van der Waals surface area contributed by atoms with Gasteiger partial charge in [-0.1, -0.05) is 41.0 Å². The van der Waals surface area contributed by atoms with Crippen LogP contribution in [-0.2, 0) is 0 Å². The van der Waals surface area contributed by atoms with E-state index in [0.717, 1.165) is 24.9 Å². The molecule has 18 heavy (non-hydrogen) atoms. The first-order valence-electron chi connectivity index (χ1n) is 7.81. The highest BCUT2D eigenvalue weighted by Crippen LogP contribution is 2.14. The first-order chi connectivity index (χ1) is 8.38. The maximum absolute atomic E-state index is 3.62. The summed E-state index contributed by atoms with van der Waals surface area (Å²) in [6, 6.07) is 1.37. The summed E-state index contributed by atoms with van der Waals surface area (Å²) >= 11 is 0. The van der Waals surface area contributed by atoms with Gasteiger partial charge >= 0.3 is 0 Å². The molecule has 0 heterocycles. The maximum atomic E-state index is 3.62. The van der Waals surface area contributed by atoms with E-state index in [0.29, 0.717) is 12.1 Å². The van der Waals surface area contributed by atoms with Gasteiger partial charge in [0.05, 0.1) is 0 Å². The highest BCUT2D eigenvalue weighted by atomic mass is 15.2. The van der Waals surface area contributed by atoms with Crippen LogP contribution < -0.4 is 5.32 Å². The lowest BCUT2D eigenvalue weighted by Gasteiger charge is -2.34. The Balaban J connectivity index is 4.20. The lowest BCUT2D eigenvalue weighted by atomic mass is 10.0. The van der Waals surface area contributed by atoms with Crippen LogP contribution in [0.1, 0.15) is 60.8 Å². The van der Waals surface area contributed by atoms with Gasteiger partial charge in [-0.15, -0.1) is 0 Å². The van der Waals surface area contributed by atoms with Crippen molar-refractivity contribution in [2.75, 3.05) is 20.1 Å². The summed E-state index contributed by atoms with van der Waals surface area (Å²) < 4.78 is 0. The first-order valence-corrected chi connectivity index (χ1v) is 7.81. The third-order valence-corrected chi connectivity index (χ3v) is 3.64. The van der Waals surface area contributed by atoms with Gasteiger partial charge in [0.15, 0.2) is 0 Å². The summed E-state index contributed by atoms with van der Waals surface area (Å²) in [6.45, 7) is 16.1. The van der Waals surface area contributed by atoms with Gasteiger partial charge in [0.2, 0.25) is 0 Å². The van der Waals surface area contributed by atoms with E-state index >= 15 is 0 Å². The van der Waals surface area contributed by atoms with Crippen LogP contribution >= 0.6 is 0 Å². The minimum atomic E-state index is 0.683. The fourth-order valence-electron chi connectivity index (χ4n) is 2.53. The van der Waals surface area contributed by atoms with E-state index < -0.39 is 0 Å². The SMILES string of the molecule is CCCC(CNCC(C)C)N(C)C(C)CC(C)C. The molecule has 0 aliphatic rings. The minimum Gasteiger partial charge on any atom is -0.315 e. The molecular weight excluding hydrogens is 220 g/mol. The van der Waals surface area contributed by atoms with E-state index in [1.807, 2.05) is 0 Å². The van der Waals surface area contributed by atoms with Crippen LogP contribution in [0.5, 0.6) is 0 Å². The van der Waals surface area contributed by atoms with E-state index in [1.54, 1.807) is 0 Å². The van der Waals surface area contributed by atoms with Crippen molar-refractivity contribution in [2.24, 2.45) is 11.8 Å². The van der Waals surface area contributed by atoms with Crippen molar-refractivity contribution in [3.05, 3.63) is 0 Å². The van der Waals surface area contributed by atoms with Gasteiger partial charge in [-0.3, -0.25) is 4.90 Å². The summed E-state index contributed by atoms with van der Waals surface area (Å²) in [5.41, 5.74) is 0. The van der Waals surface area contributed by atoms with Gasteiger partial charge in [0.1, 0.15) is 0 Å². The first kappa shape index (κ1) is 17.9. The Hall–Kier alpha value is -0.0800. The third-order valence-electron chi connectivity index (χ3n) is 3.64. The number of hydrogen-bond donors (Lipinski definition) is 1. The van der Waals surface area contributed by atoms with Gasteiger partial charge in [-0.25, -0.2) is 0 Å². The molecule has 0 saturated carbocycles. The number of nitrogens with zero attached hydrogens (tertiary/aromatic N) is 1. The van der Waals surface area contributed by atoms with Crippen LogP contribution in [0.25, 0.3) is 0 Å². The van der Waals surface area contributed by atoms with Crippen LogP contribution in [-0.4, -0.2) is 37.1 Å². The second-order valence-corrected chi connectivity index (χ2v) is 6.64. The van der Waals surface area contributed by atoms with Crippen LogP contribution in [0.15, 0.2) is 0 Å². The van der Waals surface area contributed by atoms with Gasteiger partial charge in [-0.05, 0) is 45.2 Å². The lowest BCUT2D eigenvalue weighted by molar-refractivity contribution is 0.152. The fraction of sp³-hybridized carbons (Fsp3) is 1.00. The van der Waals surface area contributed by atoms with Crippen molar-refractivity contribution in [3.63, 3.8) is 0 Å². The Bertz CT molecular complexity index is 190. The normalized spacial score (nSPS) is 15.7. The topological polar surface area (TPSA) is 15.3 Å². The highest BCUT2D eigenvalue weighted by Gasteiger charge is 2.19. The molecule has 0 spiro atoms. The Morgan fingerprint density at radius 2 is 1.56 bits per heavy atom. The maximum Gasteiger partial charge on any atom is 0.0220 e. The van der Waals surface area contributed by atoms with Crippen LogP contribution in [0.3, 0.4) is 0 Å². The second kappa shape index (κ2) is 9.80. The lowest BCUT2D eigenvalue weighted by Crippen LogP contribution is -2.45. The quantitative estimate of drug-likeness (QED) is 0.640. The molecule has 0 saturated heterocycles. The van der Waals surface area contributed by atoms with E-state index in [4.69, 9.17) is 0 Å². The Kier molecular flexibility index (Phi) is 9.76. The van der Waals surface area contributed by atoms with E-state index in [9.17, 15) is 0 Å². The third kappa shape index (κ3) is 8.10. The fourth-order valence-corrected chi connectivity index (χ4v) is 2.53. The molecule has 0 radical (unpaired) electrons. The zero-order chi connectivity index (χ0) is 14.1. The van der Waals surface area contributed by atoms with Crippen LogP contribution in [0.4, 0.5) is 0 Å². The Labute approximate surface area is 116 Å². The summed E-state index contributed by atoms with van der Waals surface area (Å²) in [6.07, 6.45) is 3.86. The van der Waals surface area contributed by atoms with Crippen molar-refractivity contribution in [1.82, 2.24) is 10.2 Å². The zero-order valence-electron chi connectivity index (χ0n) is 13.8. The smallest absolute Gasteiger partial charge is 0.0220 e. The molecule has 2 heteroatoms. The summed E-state index contributed by atoms with van der Waals surface area (Å²) in [7, 11) is 2.30. The average molecular weight is 256 g/mol. The van der Waals surface area contributed by atoms with Gasteiger partial charge in [0, 0.05) is 18.6 Å². The van der Waals surface area contributed by atoms with Crippen molar-refractivity contribution in [3.8, 4) is 0 Å². The molecule has 2 atom stereocenters. The average Bonchev–Trinajstić information content (AvgIpc) is 2.25. The van der Waals surface area contributed by atoms with E-state index in [2.05, 4.69) is 58.8 Å². The van der Waals surface area contributed by atoms with Crippen LogP contribution in [0, 0.1) is 11.8 Å². The van der Waals surface area contributed by atoms with Gasteiger partial charge in [0.25, 0.3) is 0 Å². The Morgan fingerprint density at radius 1 is 0.944 bits per heavy atom. The molecule has 1 N–H and O–H groups in total. The van der Waals surface area contributed by atoms with Crippen molar-refractivity contribution in [2.45, 2.75) is 72.9 Å². The van der Waals surface area contributed by atoms with Crippen molar-refractivity contribution >= 4 is 0 Å². The summed E-state index contributed by atoms with van der Waals surface area (Å²) in [5.74, 6) is 1.53. The molecule has 2 unspecified atom stereocenters. The molecule has 0 bridgehead atoms. The van der Waals surface area contributed by atoms with Gasteiger partial charge in [-0.2, -0.15) is 0 Å². The highest BCUT2D eigenvalue weighted by molar-refractivity contribution is 4.76. The molecular formula is C16H36N2. The number of rotatable bonds is 10. The molecule has 0 aliphatic heterocycles. The predicted molar refractivity (Wildman–Crippen MR) is 83.1 cm³/mol. The molecule has 0 fully saturated rings. The zero-order valence-corrected chi connectivity index (χ0v) is 13.8. The van der Waals surface area contributed by atoms with Crippen molar-refractivity contribution in [1.29, 1.82) is 0 Å². The van der Waals surface area contributed by atoms with E-state index in [1.165, 1.54) is 19.3 Å². The molecule has 0 rings (SSSR count). The number of hydrogen-bond acceptors (Lipinski definition) is 2. The second-order valence-electron chi connectivity index (χ2n) is 6.64. The summed E-state index contributed by atoms with van der Waals surface area (Å²) in [4.78, 5) is 2.58.